The number of piperidine rings is 1. The van der Waals surface area contributed by atoms with Gasteiger partial charge in [0.2, 0.25) is 5.88 Å². The molecule has 2 atom stereocenters. The monoisotopic (exact) mass is 493 g/mol. The molecule has 2 aromatic heterocycles. The Morgan fingerprint density at radius 2 is 2.00 bits per heavy atom. The number of hydrogen-bond donors (Lipinski definition) is 1. The predicted molar refractivity (Wildman–Crippen MR) is 122 cm³/mol. The summed E-state index contributed by atoms with van der Waals surface area (Å²) >= 11 is 0. The molecule has 0 aliphatic carbocycles. The van der Waals surface area contributed by atoms with Crippen molar-refractivity contribution in [3.05, 3.63) is 47.9 Å². The topological polar surface area (TPSA) is 66.7 Å². The van der Waals surface area contributed by atoms with Gasteiger partial charge in [-0.05, 0) is 37.1 Å². The number of anilines is 1. The van der Waals surface area contributed by atoms with Crippen LogP contribution >= 0.6 is 0 Å². The van der Waals surface area contributed by atoms with E-state index in [2.05, 4.69) is 25.3 Å². The van der Waals surface area contributed by atoms with Gasteiger partial charge in [0, 0.05) is 50.7 Å². The standard InChI is InChI=1S/C24H27F4N5O2/c25-17-5-7-21-20(10-17)23(31-35-21)33-9-8-32-12-16(4-6-19(32)13-33)14-34-22-3-1-2-18(30-22)11-29-15-24(26,27)28/h1-3,5,7,10,16,19,29H,4,6,8-9,11-15H2. The molecule has 1 aromatic carbocycles. The summed E-state index contributed by atoms with van der Waals surface area (Å²) in [7, 11) is 0. The number of alkyl halides is 3. The fraction of sp³-hybridized carbons (Fsp3) is 0.500. The SMILES string of the molecule is Fc1ccc2onc(N3CCN4CC(COc5cccc(CNCC(F)(F)F)n5)CCC4C3)c2c1. The smallest absolute Gasteiger partial charge is 0.401 e. The number of pyridine rings is 1. The van der Waals surface area contributed by atoms with Crippen LogP contribution in [-0.2, 0) is 6.54 Å². The lowest BCUT2D eigenvalue weighted by atomic mass is 9.91. The van der Waals surface area contributed by atoms with E-state index in [1.165, 1.54) is 12.1 Å². The molecule has 35 heavy (non-hydrogen) atoms. The first-order valence-electron chi connectivity index (χ1n) is 11.7. The number of nitrogens with zero attached hydrogens (tertiary/aromatic N) is 4. The van der Waals surface area contributed by atoms with E-state index in [-0.39, 0.29) is 12.4 Å². The molecule has 188 valence electrons. The molecule has 0 saturated carbocycles. The largest absolute Gasteiger partial charge is 0.477 e. The highest BCUT2D eigenvalue weighted by Gasteiger charge is 2.34. The molecule has 4 heterocycles. The van der Waals surface area contributed by atoms with Crippen LogP contribution in [0, 0.1) is 11.7 Å². The highest BCUT2D eigenvalue weighted by Crippen LogP contribution is 2.31. The van der Waals surface area contributed by atoms with E-state index in [4.69, 9.17) is 9.26 Å². The second-order valence-corrected chi connectivity index (χ2v) is 9.18. The van der Waals surface area contributed by atoms with Crippen LogP contribution in [0.5, 0.6) is 5.88 Å². The van der Waals surface area contributed by atoms with Gasteiger partial charge in [-0.25, -0.2) is 9.37 Å². The average Bonchev–Trinajstić information content (AvgIpc) is 3.25. The molecule has 2 fully saturated rings. The molecular formula is C24H27F4N5O2. The minimum atomic E-state index is -4.25. The van der Waals surface area contributed by atoms with Gasteiger partial charge in [-0.1, -0.05) is 11.2 Å². The van der Waals surface area contributed by atoms with Crippen LogP contribution in [-0.4, -0.2) is 66.6 Å². The maximum atomic E-state index is 13.7. The number of hydrogen-bond acceptors (Lipinski definition) is 7. The molecule has 0 radical (unpaired) electrons. The van der Waals surface area contributed by atoms with E-state index >= 15 is 0 Å². The molecular weight excluding hydrogens is 466 g/mol. The maximum absolute atomic E-state index is 13.7. The van der Waals surface area contributed by atoms with Crippen LogP contribution in [0.3, 0.4) is 0 Å². The number of nitrogens with one attached hydrogen (secondary N) is 1. The van der Waals surface area contributed by atoms with Crippen LogP contribution in [0.1, 0.15) is 18.5 Å². The number of aromatic nitrogens is 2. The van der Waals surface area contributed by atoms with Crippen LogP contribution in [0.25, 0.3) is 11.0 Å². The van der Waals surface area contributed by atoms with E-state index in [1.54, 1.807) is 24.3 Å². The van der Waals surface area contributed by atoms with Crippen molar-refractivity contribution in [1.82, 2.24) is 20.4 Å². The third-order valence-electron chi connectivity index (χ3n) is 6.60. The van der Waals surface area contributed by atoms with Crippen molar-refractivity contribution in [2.75, 3.05) is 44.2 Å². The van der Waals surface area contributed by atoms with Crippen molar-refractivity contribution < 1.29 is 26.8 Å². The van der Waals surface area contributed by atoms with E-state index in [1.807, 2.05) is 0 Å². The summed E-state index contributed by atoms with van der Waals surface area (Å²) in [5.41, 5.74) is 1.09. The molecule has 7 nitrogen and oxygen atoms in total. The zero-order valence-electron chi connectivity index (χ0n) is 19.1. The van der Waals surface area contributed by atoms with Gasteiger partial charge in [-0.15, -0.1) is 0 Å². The number of benzene rings is 1. The lowest BCUT2D eigenvalue weighted by molar-refractivity contribution is -0.125. The van der Waals surface area contributed by atoms with Crippen molar-refractivity contribution in [1.29, 1.82) is 0 Å². The van der Waals surface area contributed by atoms with Crippen LogP contribution < -0.4 is 15.0 Å². The van der Waals surface area contributed by atoms with Crippen molar-refractivity contribution >= 4 is 16.8 Å². The Bertz CT molecular complexity index is 1150. The molecule has 5 rings (SSSR count). The van der Waals surface area contributed by atoms with Crippen molar-refractivity contribution in [3.63, 3.8) is 0 Å². The normalized spacial score (nSPS) is 21.3. The zero-order chi connectivity index (χ0) is 24.4. The van der Waals surface area contributed by atoms with Crippen LogP contribution in [0.2, 0.25) is 0 Å². The second kappa shape index (κ2) is 9.98. The zero-order valence-corrected chi connectivity index (χ0v) is 19.1. The number of rotatable bonds is 7. The van der Waals surface area contributed by atoms with Gasteiger partial charge in [-0.3, -0.25) is 4.90 Å². The summed E-state index contributed by atoms with van der Waals surface area (Å²) in [6.07, 6.45) is -2.25. The Balaban J connectivity index is 1.12. The Morgan fingerprint density at radius 1 is 1.11 bits per heavy atom. The highest BCUT2D eigenvalue weighted by atomic mass is 19.4. The van der Waals surface area contributed by atoms with Gasteiger partial charge < -0.3 is 19.5 Å². The van der Waals surface area contributed by atoms with E-state index in [0.717, 1.165) is 39.0 Å². The quantitative estimate of drug-likeness (QED) is 0.499. The van der Waals surface area contributed by atoms with Gasteiger partial charge in [0.05, 0.1) is 24.2 Å². The summed E-state index contributed by atoms with van der Waals surface area (Å²) in [6, 6.07) is 9.96. The van der Waals surface area contributed by atoms with Gasteiger partial charge >= 0.3 is 6.18 Å². The third-order valence-corrected chi connectivity index (χ3v) is 6.60. The lowest BCUT2D eigenvalue weighted by Crippen LogP contribution is -2.57. The summed E-state index contributed by atoms with van der Waals surface area (Å²) < 4.78 is 62.0. The summed E-state index contributed by atoms with van der Waals surface area (Å²) in [5, 5.41) is 7.24. The first kappa shape index (κ1) is 23.8. The van der Waals surface area contributed by atoms with Crippen molar-refractivity contribution in [3.8, 4) is 5.88 Å². The number of fused-ring (bicyclic) bond motifs is 2. The molecule has 0 spiro atoms. The molecule has 2 saturated heterocycles. The predicted octanol–water partition coefficient (Wildman–Crippen LogP) is 3.99. The lowest BCUT2D eigenvalue weighted by Gasteiger charge is -2.46. The summed E-state index contributed by atoms with van der Waals surface area (Å²) in [4.78, 5) is 8.95. The van der Waals surface area contributed by atoms with Crippen molar-refractivity contribution in [2.24, 2.45) is 5.92 Å². The Morgan fingerprint density at radius 3 is 2.86 bits per heavy atom. The first-order valence-corrected chi connectivity index (χ1v) is 11.7. The fourth-order valence-electron chi connectivity index (χ4n) is 4.88. The molecule has 11 heteroatoms. The maximum Gasteiger partial charge on any atom is 0.401 e. The average molecular weight is 494 g/mol. The molecule has 2 aliphatic heterocycles. The number of halogens is 4. The summed E-state index contributed by atoms with van der Waals surface area (Å²) in [5.74, 6) is 1.15. The Kier molecular flexibility index (Phi) is 6.79. The van der Waals surface area contributed by atoms with Gasteiger partial charge in [0.15, 0.2) is 11.4 Å². The molecule has 3 aromatic rings. The summed E-state index contributed by atoms with van der Waals surface area (Å²) in [6.45, 7) is 2.83. The van der Waals surface area contributed by atoms with Crippen LogP contribution in [0.15, 0.2) is 40.9 Å². The Hall–Kier alpha value is -2.92. The van der Waals surface area contributed by atoms with Gasteiger partial charge in [0.25, 0.3) is 0 Å². The third kappa shape index (κ3) is 5.84. The van der Waals surface area contributed by atoms with Crippen molar-refractivity contribution in [2.45, 2.75) is 31.6 Å². The second-order valence-electron chi connectivity index (χ2n) is 9.18. The number of ether oxygens (including phenoxy) is 1. The Labute approximate surface area is 200 Å². The molecule has 0 amide bonds. The molecule has 2 aliphatic rings. The van der Waals surface area contributed by atoms with Crippen LogP contribution in [0.4, 0.5) is 23.4 Å². The van der Waals surface area contributed by atoms with E-state index in [0.29, 0.717) is 46.9 Å². The number of piperazine rings is 1. The van der Waals surface area contributed by atoms with Gasteiger partial charge in [0.1, 0.15) is 5.82 Å². The first-order chi connectivity index (χ1) is 16.8. The van der Waals surface area contributed by atoms with E-state index in [9.17, 15) is 17.6 Å². The fourth-order valence-corrected chi connectivity index (χ4v) is 4.88. The highest BCUT2D eigenvalue weighted by molar-refractivity contribution is 5.88. The minimum Gasteiger partial charge on any atom is -0.477 e. The van der Waals surface area contributed by atoms with E-state index < -0.39 is 12.7 Å². The molecule has 1 N–H and O–H groups in total. The van der Waals surface area contributed by atoms with Gasteiger partial charge in [-0.2, -0.15) is 13.2 Å². The molecule has 2 unspecified atom stereocenters. The minimum absolute atomic E-state index is 0.0273. The molecule has 0 bridgehead atoms.